The Morgan fingerprint density at radius 2 is 1.94 bits per heavy atom. The van der Waals surface area contributed by atoms with E-state index in [1.807, 2.05) is 25.1 Å². The van der Waals surface area contributed by atoms with Crippen molar-refractivity contribution < 1.29 is 19.1 Å². The molecule has 0 spiro atoms. The standard InChI is InChI=1S/C24H32N2O4S/c1-3-5-14-30-18-12-10-16(15-19(18)29-4-2)11-13-21(27)26-24-22(23(25)28)17-8-6-7-9-20(17)31-24/h10,12,15H,3-9,11,13-14H2,1-2H3,(H2,25,28)(H,26,27). The highest BCUT2D eigenvalue weighted by atomic mass is 32.1. The highest BCUT2D eigenvalue weighted by Crippen LogP contribution is 2.38. The minimum atomic E-state index is -0.463. The monoisotopic (exact) mass is 444 g/mol. The smallest absolute Gasteiger partial charge is 0.251 e. The van der Waals surface area contributed by atoms with Crippen molar-refractivity contribution >= 4 is 28.2 Å². The molecule has 0 radical (unpaired) electrons. The number of unbranched alkanes of at least 4 members (excludes halogenated alkanes) is 1. The van der Waals surface area contributed by atoms with Gasteiger partial charge < -0.3 is 20.5 Å². The van der Waals surface area contributed by atoms with E-state index in [2.05, 4.69) is 12.2 Å². The maximum atomic E-state index is 12.6. The number of fused-ring (bicyclic) bond motifs is 1. The molecule has 3 rings (SSSR count). The lowest BCUT2D eigenvalue weighted by Gasteiger charge is -2.13. The number of thiophene rings is 1. The number of anilines is 1. The van der Waals surface area contributed by atoms with Gasteiger partial charge in [-0.2, -0.15) is 0 Å². The van der Waals surface area contributed by atoms with Gasteiger partial charge in [0.2, 0.25) is 5.91 Å². The van der Waals surface area contributed by atoms with Crippen molar-refractivity contribution in [3.8, 4) is 11.5 Å². The zero-order chi connectivity index (χ0) is 22.2. The first-order valence-electron chi connectivity index (χ1n) is 11.2. The number of aryl methyl sites for hydroxylation is 2. The molecule has 1 aliphatic carbocycles. The van der Waals surface area contributed by atoms with Gasteiger partial charge in [0.25, 0.3) is 5.91 Å². The quantitative estimate of drug-likeness (QED) is 0.484. The van der Waals surface area contributed by atoms with Gasteiger partial charge in [0.15, 0.2) is 11.5 Å². The molecule has 2 aromatic rings. The van der Waals surface area contributed by atoms with Crippen molar-refractivity contribution in [3.63, 3.8) is 0 Å². The van der Waals surface area contributed by atoms with Crippen LogP contribution in [0.3, 0.4) is 0 Å². The van der Waals surface area contributed by atoms with Crippen LogP contribution in [0, 0.1) is 0 Å². The summed E-state index contributed by atoms with van der Waals surface area (Å²) in [7, 11) is 0. The summed E-state index contributed by atoms with van der Waals surface area (Å²) >= 11 is 1.49. The van der Waals surface area contributed by atoms with Gasteiger partial charge >= 0.3 is 0 Å². The molecule has 0 bridgehead atoms. The Morgan fingerprint density at radius 1 is 1.13 bits per heavy atom. The topological polar surface area (TPSA) is 90.6 Å². The number of carbonyl (C=O) groups is 2. The van der Waals surface area contributed by atoms with E-state index in [-0.39, 0.29) is 5.91 Å². The molecule has 0 saturated carbocycles. The van der Waals surface area contributed by atoms with Crippen molar-refractivity contribution in [2.75, 3.05) is 18.5 Å². The Balaban J connectivity index is 1.64. The second-order valence-corrected chi connectivity index (χ2v) is 8.85. The van der Waals surface area contributed by atoms with Gasteiger partial charge in [-0.1, -0.05) is 19.4 Å². The van der Waals surface area contributed by atoms with Crippen molar-refractivity contribution in [1.82, 2.24) is 0 Å². The predicted octanol–water partition coefficient (Wildman–Crippen LogP) is 4.87. The zero-order valence-electron chi connectivity index (χ0n) is 18.4. The van der Waals surface area contributed by atoms with Crippen molar-refractivity contribution in [2.24, 2.45) is 5.73 Å². The highest BCUT2D eigenvalue weighted by molar-refractivity contribution is 7.17. The lowest BCUT2D eigenvalue weighted by molar-refractivity contribution is -0.116. The summed E-state index contributed by atoms with van der Waals surface area (Å²) in [4.78, 5) is 25.8. The molecule has 6 nitrogen and oxygen atoms in total. The fraction of sp³-hybridized carbons (Fsp3) is 0.500. The van der Waals surface area contributed by atoms with E-state index in [0.717, 1.165) is 55.4 Å². The number of carbonyl (C=O) groups excluding carboxylic acids is 2. The first-order valence-corrected chi connectivity index (χ1v) is 12.0. The van der Waals surface area contributed by atoms with Crippen LogP contribution in [0.15, 0.2) is 18.2 Å². The zero-order valence-corrected chi connectivity index (χ0v) is 19.2. The minimum absolute atomic E-state index is 0.123. The molecule has 2 amide bonds. The first kappa shape index (κ1) is 23.1. The Labute approximate surface area is 188 Å². The minimum Gasteiger partial charge on any atom is -0.490 e. The number of hydrogen-bond acceptors (Lipinski definition) is 5. The van der Waals surface area contributed by atoms with Crippen LogP contribution in [0.4, 0.5) is 5.00 Å². The van der Waals surface area contributed by atoms with Crippen molar-refractivity contribution in [2.45, 2.75) is 65.2 Å². The normalized spacial score (nSPS) is 12.8. The molecule has 31 heavy (non-hydrogen) atoms. The van der Waals surface area contributed by atoms with Crippen LogP contribution in [0.1, 0.15) is 72.3 Å². The Hall–Kier alpha value is -2.54. The summed E-state index contributed by atoms with van der Waals surface area (Å²) in [6, 6.07) is 5.82. The van der Waals surface area contributed by atoms with Gasteiger partial charge in [-0.3, -0.25) is 9.59 Å². The molecule has 1 aromatic carbocycles. The summed E-state index contributed by atoms with van der Waals surface area (Å²) in [5, 5.41) is 3.52. The van der Waals surface area contributed by atoms with Crippen LogP contribution < -0.4 is 20.5 Å². The number of benzene rings is 1. The molecule has 168 valence electrons. The van der Waals surface area contributed by atoms with E-state index in [1.54, 1.807) is 0 Å². The molecule has 0 atom stereocenters. The fourth-order valence-electron chi connectivity index (χ4n) is 3.78. The largest absolute Gasteiger partial charge is 0.490 e. The second kappa shape index (κ2) is 11.2. The summed E-state index contributed by atoms with van der Waals surface area (Å²) in [6.45, 7) is 5.27. The Morgan fingerprint density at radius 3 is 2.68 bits per heavy atom. The van der Waals surface area contributed by atoms with Crippen LogP contribution in [0.25, 0.3) is 0 Å². The van der Waals surface area contributed by atoms with Crippen molar-refractivity contribution in [1.29, 1.82) is 0 Å². The second-order valence-electron chi connectivity index (χ2n) is 7.74. The van der Waals surface area contributed by atoms with E-state index in [4.69, 9.17) is 15.2 Å². The maximum absolute atomic E-state index is 12.6. The van der Waals surface area contributed by atoms with E-state index in [9.17, 15) is 9.59 Å². The van der Waals surface area contributed by atoms with Crippen LogP contribution in [0.2, 0.25) is 0 Å². The van der Waals surface area contributed by atoms with Crippen LogP contribution in [-0.2, 0) is 24.1 Å². The molecule has 1 aliphatic rings. The number of nitrogens with two attached hydrogens (primary N) is 1. The number of rotatable bonds is 11. The van der Waals surface area contributed by atoms with E-state index in [0.29, 0.717) is 42.4 Å². The van der Waals surface area contributed by atoms with Gasteiger partial charge in [0.05, 0.1) is 18.8 Å². The van der Waals surface area contributed by atoms with Gasteiger partial charge in [0, 0.05) is 11.3 Å². The molecule has 0 fully saturated rings. The molecule has 3 N–H and O–H groups in total. The fourth-order valence-corrected chi connectivity index (χ4v) is 5.09. The van der Waals surface area contributed by atoms with Crippen LogP contribution >= 0.6 is 11.3 Å². The SMILES string of the molecule is CCCCOc1ccc(CCC(=O)Nc2sc3c(c2C(N)=O)CCCC3)cc1OCC. The molecule has 0 unspecified atom stereocenters. The van der Waals surface area contributed by atoms with Gasteiger partial charge in [-0.15, -0.1) is 11.3 Å². The summed E-state index contributed by atoms with van der Waals surface area (Å²) < 4.78 is 11.5. The lowest BCUT2D eigenvalue weighted by atomic mass is 9.95. The molecule has 1 aromatic heterocycles. The van der Waals surface area contributed by atoms with E-state index in [1.165, 1.54) is 16.2 Å². The Kier molecular flexibility index (Phi) is 8.35. The molecule has 7 heteroatoms. The number of ether oxygens (including phenoxy) is 2. The average molecular weight is 445 g/mol. The van der Waals surface area contributed by atoms with Crippen LogP contribution in [-0.4, -0.2) is 25.0 Å². The third kappa shape index (κ3) is 6.00. The van der Waals surface area contributed by atoms with Gasteiger partial charge in [0.1, 0.15) is 5.00 Å². The molecular weight excluding hydrogens is 412 g/mol. The highest BCUT2D eigenvalue weighted by Gasteiger charge is 2.24. The third-order valence-corrected chi connectivity index (χ3v) is 6.58. The molecule has 0 aliphatic heterocycles. The summed E-state index contributed by atoms with van der Waals surface area (Å²) in [5.41, 5.74) is 8.15. The molecule has 0 saturated heterocycles. The van der Waals surface area contributed by atoms with Gasteiger partial charge in [-0.05, 0) is 68.7 Å². The number of primary amides is 1. The average Bonchev–Trinajstić information content (AvgIpc) is 3.12. The third-order valence-electron chi connectivity index (χ3n) is 5.37. The Bertz CT molecular complexity index is 923. The summed E-state index contributed by atoms with van der Waals surface area (Å²) in [6.07, 6.45) is 6.91. The predicted molar refractivity (Wildman–Crippen MR) is 124 cm³/mol. The molecular formula is C24H32N2O4S. The van der Waals surface area contributed by atoms with E-state index >= 15 is 0 Å². The van der Waals surface area contributed by atoms with Crippen LogP contribution in [0.5, 0.6) is 11.5 Å². The maximum Gasteiger partial charge on any atom is 0.251 e. The first-order chi connectivity index (χ1) is 15.0. The number of nitrogens with one attached hydrogen (secondary N) is 1. The number of amides is 2. The van der Waals surface area contributed by atoms with Crippen molar-refractivity contribution in [3.05, 3.63) is 39.8 Å². The summed E-state index contributed by atoms with van der Waals surface area (Å²) in [5.74, 6) is 0.856. The number of hydrogen-bond donors (Lipinski definition) is 2. The lowest BCUT2D eigenvalue weighted by Crippen LogP contribution is -2.18. The molecule has 1 heterocycles. The van der Waals surface area contributed by atoms with E-state index < -0.39 is 5.91 Å². The van der Waals surface area contributed by atoms with Gasteiger partial charge in [-0.25, -0.2) is 0 Å².